The summed E-state index contributed by atoms with van der Waals surface area (Å²) in [7, 11) is 6.44. The molecule has 2 unspecified atom stereocenters. The normalized spacial score (nSPS) is 18.1. The number of carbonyl (C=O) groups excluding carboxylic acids is 2. The Kier molecular flexibility index (Phi) is 8.70. The maximum atomic E-state index is 12.6. The van der Waals surface area contributed by atoms with Crippen molar-refractivity contribution in [1.82, 2.24) is 10.2 Å². The highest BCUT2D eigenvalue weighted by molar-refractivity contribution is 5.81. The second-order valence-electron chi connectivity index (χ2n) is 7.84. The van der Waals surface area contributed by atoms with E-state index < -0.39 is 0 Å². The number of hydrogen-bond acceptors (Lipinski definition) is 3. The van der Waals surface area contributed by atoms with Gasteiger partial charge in [-0.1, -0.05) is 13.8 Å². The van der Waals surface area contributed by atoms with Gasteiger partial charge in [0, 0.05) is 37.9 Å². The third-order valence-corrected chi connectivity index (χ3v) is 4.56. The van der Waals surface area contributed by atoms with Crippen molar-refractivity contribution in [2.75, 3.05) is 60.5 Å². The molecule has 0 bridgehead atoms. The van der Waals surface area contributed by atoms with E-state index in [-0.39, 0.29) is 23.7 Å². The Bertz CT molecular complexity index is 401. The number of ether oxygens (including phenoxy) is 1. The summed E-state index contributed by atoms with van der Waals surface area (Å²) in [5.41, 5.74) is 0. The molecule has 6 nitrogen and oxygen atoms in total. The molecule has 24 heavy (non-hydrogen) atoms. The largest absolute Gasteiger partial charge is 0.378 e. The Balaban J connectivity index is 2.37. The van der Waals surface area contributed by atoms with Crippen molar-refractivity contribution in [2.24, 2.45) is 11.8 Å². The van der Waals surface area contributed by atoms with Crippen molar-refractivity contribution in [3.63, 3.8) is 0 Å². The van der Waals surface area contributed by atoms with Crippen molar-refractivity contribution < 1.29 is 18.8 Å². The highest BCUT2D eigenvalue weighted by Gasteiger charge is 2.27. The maximum Gasteiger partial charge on any atom is 0.225 e. The average molecular weight is 343 g/mol. The molecule has 1 fully saturated rings. The van der Waals surface area contributed by atoms with Gasteiger partial charge in [0.2, 0.25) is 11.8 Å². The van der Waals surface area contributed by atoms with Crippen molar-refractivity contribution in [1.29, 1.82) is 0 Å². The molecular weight excluding hydrogens is 306 g/mol. The van der Waals surface area contributed by atoms with Crippen molar-refractivity contribution in [3.8, 4) is 0 Å². The third-order valence-electron chi connectivity index (χ3n) is 4.56. The van der Waals surface area contributed by atoms with Crippen LogP contribution in [0.15, 0.2) is 0 Å². The van der Waals surface area contributed by atoms with Crippen LogP contribution < -0.4 is 5.32 Å². The fourth-order valence-electron chi connectivity index (χ4n) is 2.96. The molecule has 2 amide bonds. The second kappa shape index (κ2) is 9.99. The van der Waals surface area contributed by atoms with Crippen molar-refractivity contribution >= 4 is 11.8 Å². The molecule has 0 saturated carbocycles. The zero-order valence-corrected chi connectivity index (χ0v) is 16.1. The highest BCUT2D eigenvalue weighted by Crippen LogP contribution is 2.19. The molecule has 1 saturated heterocycles. The molecule has 0 spiro atoms. The number of nitrogens with zero attached hydrogens (tertiary/aromatic N) is 2. The summed E-state index contributed by atoms with van der Waals surface area (Å²) >= 11 is 0. The number of hydrogen-bond donors (Lipinski definition) is 1. The molecule has 1 heterocycles. The SMILES string of the molecule is CCC(CC(C)C(=O)NCCC[N+](C)(C)C)C(=O)N1CCOCC1. The van der Waals surface area contributed by atoms with Crippen LogP contribution in [-0.4, -0.2) is 81.7 Å². The van der Waals surface area contributed by atoms with E-state index in [0.717, 1.165) is 23.9 Å². The monoisotopic (exact) mass is 342 g/mol. The Labute approximate surface area is 147 Å². The van der Waals surface area contributed by atoms with Gasteiger partial charge in [0.15, 0.2) is 0 Å². The Morgan fingerprint density at radius 1 is 1.21 bits per heavy atom. The molecule has 0 aromatic rings. The lowest BCUT2D eigenvalue weighted by atomic mass is 9.91. The third kappa shape index (κ3) is 7.62. The predicted molar refractivity (Wildman–Crippen MR) is 95.5 cm³/mol. The van der Waals surface area contributed by atoms with Gasteiger partial charge in [0.05, 0.1) is 40.9 Å². The van der Waals surface area contributed by atoms with E-state index in [1.807, 2.05) is 18.7 Å². The van der Waals surface area contributed by atoms with Crippen molar-refractivity contribution in [2.45, 2.75) is 33.1 Å². The second-order valence-corrected chi connectivity index (χ2v) is 7.84. The molecule has 1 rings (SSSR count). The number of amides is 2. The van der Waals surface area contributed by atoms with E-state index in [2.05, 4.69) is 26.5 Å². The van der Waals surface area contributed by atoms with E-state index in [1.165, 1.54) is 0 Å². The molecule has 0 radical (unpaired) electrons. The molecule has 0 aromatic heterocycles. The Hall–Kier alpha value is -1.14. The van der Waals surface area contributed by atoms with Crippen LogP contribution in [0.1, 0.15) is 33.1 Å². The molecule has 1 N–H and O–H groups in total. The molecule has 1 aliphatic rings. The smallest absolute Gasteiger partial charge is 0.225 e. The van der Waals surface area contributed by atoms with Crippen LogP contribution in [0, 0.1) is 11.8 Å². The number of morpholine rings is 1. The first-order valence-electron chi connectivity index (χ1n) is 9.19. The fourth-order valence-corrected chi connectivity index (χ4v) is 2.96. The van der Waals surface area contributed by atoms with E-state index in [4.69, 9.17) is 4.74 Å². The summed E-state index contributed by atoms with van der Waals surface area (Å²) in [5.74, 6) is 0.0225. The first kappa shape index (κ1) is 20.9. The first-order valence-corrected chi connectivity index (χ1v) is 9.19. The lowest BCUT2D eigenvalue weighted by Gasteiger charge is -2.31. The fraction of sp³-hybridized carbons (Fsp3) is 0.889. The number of rotatable bonds is 9. The maximum absolute atomic E-state index is 12.6. The van der Waals surface area contributed by atoms with Gasteiger partial charge in [-0.3, -0.25) is 9.59 Å². The number of carbonyl (C=O) groups is 2. The summed E-state index contributed by atoms with van der Waals surface area (Å²) in [6, 6.07) is 0. The van der Waals surface area contributed by atoms with Gasteiger partial charge in [-0.15, -0.1) is 0 Å². The quantitative estimate of drug-likeness (QED) is 0.504. The minimum absolute atomic E-state index is 0.0598. The van der Waals surface area contributed by atoms with E-state index in [0.29, 0.717) is 39.3 Å². The molecule has 6 heteroatoms. The topological polar surface area (TPSA) is 58.6 Å². The summed E-state index contributed by atoms with van der Waals surface area (Å²) in [4.78, 5) is 26.7. The van der Waals surface area contributed by atoms with E-state index in [9.17, 15) is 9.59 Å². The summed E-state index contributed by atoms with van der Waals surface area (Å²) in [6.45, 7) is 8.24. The van der Waals surface area contributed by atoms with Gasteiger partial charge in [0.1, 0.15) is 0 Å². The highest BCUT2D eigenvalue weighted by atomic mass is 16.5. The van der Waals surface area contributed by atoms with Crippen LogP contribution in [0.3, 0.4) is 0 Å². The number of quaternary nitrogens is 1. The summed E-state index contributed by atoms with van der Waals surface area (Å²) in [5, 5.41) is 3.01. The minimum atomic E-state index is -0.135. The van der Waals surface area contributed by atoms with Crippen LogP contribution in [0.5, 0.6) is 0 Å². The number of nitrogens with one attached hydrogen (secondary N) is 1. The van der Waals surface area contributed by atoms with Crippen LogP contribution >= 0.6 is 0 Å². The molecule has 0 aromatic carbocycles. The van der Waals surface area contributed by atoms with Gasteiger partial charge in [-0.2, -0.15) is 0 Å². The van der Waals surface area contributed by atoms with Gasteiger partial charge in [-0.05, 0) is 12.8 Å². The molecule has 140 valence electrons. The van der Waals surface area contributed by atoms with Crippen LogP contribution in [-0.2, 0) is 14.3 Å². The summed E-state index contributed by atoms with van der Waals surface area (Å²) < 4.78 is 6.20. The van der Waals surface area contributed by atoms with E-state index in [1.54, 1.807) is 0 Å². The van der Waals surface area contributed by atoms with Gasteiger partial charge in [-0.25, -0.2) is 0 Å². The lowest BCUT2D eigenvalue weighted by molar-refractivity contribution is -0.870. The van der Waals surface area contributed by atoms with Crippen molar-refractivity contribution in [3.05, 3.63) is 0 Å². The van der Waals surface area contributed by atoms with Crippen LogP contribution in [0.2, 0.25) is 0 Å². The molecule has 0 aliphatic carbocycles. The van der Waals surface area contributed by atoms with Gasteiger partial charge in [0.25, 0.3) is 0 Å². The minimum Gasteiger partial charge on any atom is -0.378 e. The standard InChI is InChI=1S/C18H35N3O3/c1-6-16(18(23)20-9-12-24-13-10-20)14-15(2)17(22)19-8-7-11-21(3,4)5/h15-16H,6-14H2,1-5H3/p+1. The van der Waals surface area contributed by atoms with Crippen LogP contribution in [0.25, 0.3) is 0 Å². The van der Waals surface area contributed by atoms with Gasteiger partial charge < -0.3 is 19.4 Å². The molecular formula is C18H36N3O3+. The lowest BCUT2D eigenvalue weighted by Crippen LogP contribution is -2.44. The van der Waals surface area contributed by atoms with E-state index >= 15 is 0 Å². The van der Waals surface area contributed by atoms with Gasteiger partial charge >= 0.3 is 0 Å². The van der Waals surface area contributed by atoms with Crippen LogP contribution in [0.4, 0.5) is 0 Å². The average Bonchev–Trinajstić information content (AvgIpc) is 2.55. The first-order chi connectivity index (χ1) is 11.2. The zero-order valence-electron chi connectivity index (χ0n) is 16.1. The molecule has 1 aliphatic heterocycles. The Morgan fingerprint density at radius 2 is 1.83 bits per heavy atom. The zero-order chi connectivity index (χ0) is 18.2. The molecule has 2 atom stereocenters. The Morgan fingerprint density at radius 3 is 2.38 bits per heavy atom. The summed E-state index contributed by atoms with van der Waals surface area (Å²) in [6.07, 6.45) is 2.36. The predicted octanol–water partition coefficient (Wildman–Crippen LogP) is 1.11.